The topological polar surface area (TPSA) is 41.6 Å². The summed E-state index contributed by atoms with van der Waals surface area (Å²) in [6.07, 6.45) is 6.17. The number of para-hydroxylation sites is 1. The average molecular weight is 336 g/mol. The van der Waals surface area contributed by atoms with Crippen LogP contribution in [-0.2, 0) is 14.9 Å². The summed E-state index contributed by atoms with van der Waals surface area (Å²) in [5, 5.41) is 3.61. The van der Waals surface area contributed by atoms with Gasteiger partial charge in [0.1, 0.15) is 0 Å². The number of anilines is 1. The quantitative estimate of drug-likeness (QED) is 0.665. The van der Waals surface area contributed by atoms with Gasteiger partial charge in [0, 0.05) is 22.8 Å². The first kappa shape index (κ1) is 15.2. The summed E-state index contributed by atoms with van der Waals surface area (Å²) in [6, 6.07) is 8.93. The minimum absolute atomic E-state index is 0.0547. The van der Waals surface area contributed by atoms with Crippen molar-refractivity contribution in [1.82, 2.24) is 4.90 Å². The van der Waals surface area contributed by atoms with Crippen LogP contribution in [-0.4, -0.2) is 37.1 Å². The minimum atomic E-state index is -0.196. The second kappa shape index (κ2) is 4.98. The van der Waals surface area contributed by atoms with Crippen LogP contribution in [0.25, 0.3) is 0 Å². The zero-order chi connectivity index (χ0) is 17.2. The van der Waals surface area contributed by atoms with E-state index in [4.69, 9.17) is 4.74 Å². The standard InChI is InChI=1S/C21H24N2O2/c1-3-20-9-6-11-23-12-10-21(19(20)23)15-7-4-5-8-16(15)22-17(21)14(13-20)18(24)25-2/h3-5,7-8,19,22H,1,6,9-13H2,2H3/t19-,20-,21-/m0/s1. The van der Waals surface area contributed by atoms with Crippen LogP contribution in [0.3, 0.4) is 0 Å². The Kier molecular flexibility index (Phi) is 3.03. The molecule has 3 heterocycles. The Morgan fingerprint density at radius 2 is 2.20 bits per heavy atom. The molecule has 1 N–H and O–H groups in total. The average Bonchev–Trinajstić information content (AvgIpc) is 3.21. The van der Waals surface area contributed by atoms with E-state index in [1.165, 1.54) is 12.7 Å². The Morgan fingerprint density at radius 1 is 1.36 bits per heavy atom. The van der Waals surface area contributed by atoms with Crippen LogP contribution >= 0.6 is 0 Å². The molecule has 1 aromatic rings. The molecule has 130 valence electrons. The lowest BCUT2D eigenvalue weighted by Crippen LogP contribution is -2.59. The SMILES string of the molecule is C=C[C@]12CCCN3CC[C@]4(C(=C(C(=O)OC)C1)Nc1ccccc14)[C@@H]32. The zero-order valence-corrected chi connectivity index (χ0v) is 14.7. The van der Waals surface area contributed by atoms with Gasteiger partial charge in [0.2, 0.25) is 0 Å². The van der Waals surface area contributed by atoms with E-state index >= 15 is 0 Å². The number of fused-ring (bicyclic) bond motifs is 1. The zero-order valence-electron chi connectivity index (χ0n) is 14.7. The summed E-state index contributed by atoms with van der Waals surface area (Å²) in [5.74, 6) is -0.196. The summed E-state index contributed by atoms with van der Waals surface area (Å²) < 4.78 is 5.18. The van der Waals surface area contributed by atoms with Crippen LogP contribution < -0.4 is 5.32 Å². The van der Waals surface area contributed by atoms with E-state index < -0.39 is 0 Å². The summed E-state index contributed by atoms with van der Waals surface area (Å²) >= 11 is 0. The molecule has 0 amide bonds. The van der Waals surface area contributed by atoms with Crippen molar-refractivity contribution >= 4 is 11.7 Å². The Bertz CT molecular complexity index is 814. The van der Waals surface area contributed by atoms with Gasteiger partial charge < -0.3 is 10.1 Å². The van der Waals surface area contributed by atoms with Gasteiger partial charge in [0.15, 0.2) is 0 Å². The van der Waals surface area contributed by atoms with Crippen LogP contribution in [0.5, 0.6) is 0 Å². The molecule has 1 aliphatic carbocycles. The molecule has 0 radical (unpaired) electrons. The van der Waals surface area contributed by atoms with E-state index in [1.807, 2.05) is 0 Å². The molecule has 3 aliphatic heterocycles. The van der Waals surface area contributed by atoms with Gasteiger partial charge in [-0.2, -0.15) is 0 Å². The Hall–Kier alpha value is -2.07. The molecule has 0 saturated carbocycles. The van der Waals surface area contributed by atoms with Crippen molar-refractivity contribution in [1.29, 1.82) is 0 Å². The Balaban J connectivity index is 1.83. The maximum atomic E-state index is 12.7. The highest BCUT2D eigenvalue weighted by Gasteiger charge is 2.65. The van der Waals surface area contributed by atoms with Gasteiger partial charge in [-0.15, -0.1) is 6.58 Å². The lowest BCUT2D eigenvalue weighted by atomic mass is 9.54. The van der Waals surface area contributed by atoms with Crippen molar-refractivity contribution in [2.75, 3.05) is 25.5 Å². The maximum absolute atomic E-state index is 12.7. The fourth-order valence-electron chi connectivity index (χ4n) is 6.18. The molecule has 2 saturated heterocycles. The van der Waals surface area contributed by atoms with E-state index in [0.717, 1.165) is 55.7 Å². The van der Waals surface area contributed by atoms with Gasteiger partial charge in [0.25, 0.3) is 0 Å². The third-order valence-corrected chi connectivity index (χ3v) is 7.02. The molecular formula is C21H24N2O2. The third-order valence-electron chi connectivity index (χ3n) is 7.02. The molecule has 0 unspecified atom stereocenters. The number of hydrogen-bond donors (Lipinski definition) is 1. The lowest BCUT2D eigenvalue weighted by molar-refractivity contribution is -0.137. The molecule has 4 aliphatic rings. The number of piperidine rings is 1. The highest BCUT2D eigenvalue weighted by atomic mass is 16.5. The van der Waals surface area contributed by atoms with Crippen LogP contribution in [0.2, 0.25) is 0 Å². The highest BCUT2D eigenvalue weighted by molar-refractivity contribution is 5.93. The normalized spacial score (nSPS) is 35.5. The Labute approximate surface area is 148 Å². The predicted octanol–water partition coefficient (Wildman–Crippen LogP) is 3.22. The molecule has 5 rings (SSSR count). The molecule has 25 heavy (non-hydrogen) atoms. The highest BCUT2D eigenvalue weighted by Crippen LogP contribution is 2.64. The van der Waals surface area contributed by atoms with Gasteiger partial charge in [-0.05, 0) is 50.4 Å². The first-order chi connectivity index (χ1) is 12.2. The predicted molar refractivity (Wildman–Crippen MR) is 97.2 cm³/mol. The molecule has 0 aromatic heterocycles. The molecule has 4 heteroatoms. The number of nitrogens with zero attached hydrogens (tertiary/aromatic N) is 1. The molecule has 1 aromatic carbocycles. The number of methoxy groups -OCH3 is 1. The fourth-order valence-corrected chi connectivity index (χ4v) is 6.18. The lowest BCUT2D eigenvalue weighted by Gasteiger charge is -2.54. The van der Waals surface area contributed by atoms with Crippen LogP contribution in [0.1, 0.15) is 31.2 Å². The largest absolute Gasteiger partial charge is 0.466 e. The van der Waals surface area contributed by atoms with Crippen molar-refractivity contribution in [2.45, 2.75) is 37.1 Å². The smallest absolute Gasteiger partial charge is 0.335 e. The van der Waals surface area contributed by atoms with Gasteiger partial charge >= 0.3 is 5.97 Å². The van der Waals surface area contributed by atoms with Gasteiger partial charge in [-0.25, -0.2) is 4.79 Å². The maximum Gasteiger partial charge on any atom is 0.335 e. The summed E-state index contributed by atoms with van der Waals surface area (Å²) in [6.45, 7) is 6.44. The molecule has 0 bridgehead atoms. The van der Waals surface area contributed by atoms with Crippen molar-refractivity contribution in [3.05, 3.63) is 53.8 Å². The van der Waals surface area contributed by atoms with E-state index in [2.05, 4.69) is 47.1 Å². The first-order valence-corrected chi connectivity index (χ1v) is 9.22. The van der Waals surface area contributed by atoms with E-state index in [-0.39, 0.29) is 16.8 Å². The van der Waals surface area contributed by atoms with Gasteiger partial charge in [-0.1, -0.05) is 24.3 Å². The van der Waals surface area contributed by atoms with E-state index in [9.17, 15) is 4.79 Å². The molecule has 3 atom stereocenters. The second-order valence-corrected chi connectivity index (χ2v) is 7.89. The molecule has 1 spiro atoms. The van der Waals surface area contributed by atoms with Crippen molar-refractivity contribution in [2.24, 2.45) is 5.41 Å². The number of rotatable bonds is 2. The second-order valence-electron chi connectivity index (χ2n) is 7.89. The molecule has 2 fully saturated rings. The molecule has 4 nitrogen and oxygen atoms in total. The Morgan fingerprint density at radius 3 is 3.00 bits per heavy atom. The summed E-state index contributed by atoms with van der Waals surface area (Å²) in [4.78, 5) is 15.3. The number of carbonyl (C=O) groups is 1. The monoisotopic (exact) mass is 336 g/mol. The summed E-state index contributed by atoms with van der Waals surface area (Å²) in [5.41, 5.74) is 4.21. The minimum Gasteiger partial charge on any atom is -0.466 e. The number of benzene rings is 1. The number of carbonyl (C=O) groups excluding carboxylic acids is 1. The molecular weight excluding hydrogens is 312 g/mol. The van der Waals surface area contributed by atoms with Crippen molar-refractivity contribution in [3.63, 3.8) is 0 Å². The van der Waals surface area contributed by atoms with Crippen LogP contribution in [0, 0.1) is 5.41 Å². The first-order valence-electron chi connectivity index (χ1n) is 9.22. The van der Waals surface area contributed by atoms with E-state index in [1.54, 1.807) is 0 Å². The van der Waals surface area contributed by atoms with Crippen molar-refractivity contribution in [3.8, 4) is 0 Å². The number of ether oxygens (including phenoxy) is 1. The van der Waals surface area contributed by atoms with Crippen LogP contribution in [0.15, 0.2) is 48.2 Å². The third kappa shape index (κ3) is 1.68. The van der Waals surface area contributed by atoms with Gasteiger partial charge in [-0.3, -0.25) is 4.90 Å². The number of esters is 1. The fraction of sp³-hybridized carbons (Fsp3) is 0.476. The van der Waals surface area contributed by atoms with E-state index in [0.29, 0.717) is 6.04 Å². The van der Waals surface area contributed by atoms with Crippen LogP contribution in [0.4, 0.5) is 5.69 Å². The van der Waals surface area contributed by atoms with Crippen molar-refractivity contribution < 1.29 is 9.53 Å². The number of nitrogens with one attached hydrogen (secondary N) is 1. The number of hydrogen-bond acceptors (Lipinski definition) is 4. The van der Waals surface area contributed by atoms with Gasteiger partial charge in [0.05, 0.1) is 18.1 Å². The summed E-state index contributed by atoms with van der Waals surface area (Å²) in [7, 11) is 1.49.